The van der Waals surface area contributed by atoms with Crippen LogP contribution in [0, 0.1) is 18.7 Å². The highest BCUT2D eigenvalue weighted by molar-refractivity contribution is 5.98. The zero-order valence-electron chi connectivity index (χ0n) is 13.2. The first-order chi connectivity index (χ1) is 10.5. The van der Waals surface area contributed by atoms with E-state index in [0.717, 1.165) is 5.56 Å². The molecule has 1 aromatic heterocycles. The van der Waals surface area contributed by atoms with Crippen LogP contribution in [0.5, 0.6) is 0 Å². The van der Waals surface area contributed by atoms with Gasteiger partial charge in [0, 0.05) is 16.9 Å². The summed E-state index contributed by atoms with van der Waals surface area (Å²) in [5, 5.41) is 3.54. The Morgan fingerprint density at radius 1 is 1.27 bits per heavy atom. The number of benzene rings is 1. The number of aromatic nitrogens is 1. The number of halogens is 1. The van der Waals surface area contributed by atoms with E-state index in [1.54, 1.807) is 6.07 Å². The molecule has 1 fully saturated rings. The molecule has 1 saturated carbocycles. The lowest BCUT2D eigenvalue weighted by Gasteiger charge is -2.28. The highest BCUT2D eigenvalue weighted by Gasteiger charge is 2.22. The molecule has 3 rings (SSSR count). The Morgan fingerprint density at radius 3 is 2.73 bits per heavy atom. The molecular formula is C18H23FN2O. The van der Waals surface area contributed by atoms with Crippen molar-refractivity contribution in [2.24, 2.45) is 5.92 Å². The van der Waals surface area contributed by atoms with E-state index in [-0.39, 0.29) is 17.8 Å². The largest absolute Gasteiger partial charge is 0.350 e. The van der Waals surface area contributed by atoms with Gasteiger partial charge in [0.2, 0.25) is 0 Å². The molecule has 4 heteroatoms. The maximum Gasteiger partial charge on any atom is 0.267 e. The molecule has 1 aliphatic rings. The average molecular weight is 302 g/mol. The van der Waals surface area contributed by atoms with Gasteiger partial charge in [-0.2, -0.15) is 0 Å². The Morgan fingerprint density at radius 2 is 2.00 bits per heavy atom. The predicted molar refractivity (Wildman–Crippen MR) is 86.5 cm³/mol. The molecule has 2 N–H and O–H groups in total. The molecule has 0 spiro atoms. The smallest absolute Gasteiger partial charge is 0.267 e. The number of nitrogens with one attached hydrogen (secondary N) is 2. The number of carbonyl (C=O) groups excluding carboxylic acids is 1. The topological polar surface area (TPSA) is 44.9 Å². The van der Waals surface area contributed by atoms with Gasteiger partial charge in [-0.25, -0.2) is 4.39 Å². The van der Waals surface area contributed by atoms with Crippen molar-refractivity contribution in [1.82, 2.24) is 10.3 Å². The van der Waals surface area contributed by atoms with Crippen molar-refractivity contribution in [3.63, 3.8) is 0 Å². The number of carbonyl (C=O) groups is 1. The van der Waals surface area contributed by atoms with E-state index in [4.69, 9.17) is 0 Å². The summed E-state index contributed by atoms with van der Waals surface area (Å²) in [4.78, 5) is 15.4. The summed E-state index contributed by atoms with van der Waals surface area (Å²) in [5.74, 6) is 0.123. The van der Waals surface area contributed by atoms with Crippen LogP contribution in [0.25, 0.3) is 10.9 Å². The van der Waals surface area contributed by atoms with Gasteiger partial charge in [0.05, 0.1) is 0 Å². The van der Waals surface area contributed by atoms with Gasteiger partial charge in [0.15, 0.2) is 0 Å². The molecular weight excluding hydrogens is 279 g/mol. The van der Waals surface area contributed by atoms with E-state index in [2.05, 4.69) is 17.2 Å². The van der Waals surface area contributed by atoms with Crippen LogP contribution in [0.15, 0.2) is 18.2 Å². The van der Waals surface area contributed by atoms with Crippen LogP contribution in [0.3, 0.4) is 0 Å². The summed E-state index contributed by atoms with van der Waals surface area (Å²) >= 11 is 0. The number of aryl methyl sites for hydroxylation is 1. The van der Waals surface area contributed by atoms with Crippen molar-refractivity contribution in [3.8, 4) is 0 Å². The number of hydrogen-bond acceptors (Lipinski definition) is 1. The molecule has 1 aliphatic carbocycles. The lowest BCUT2D eigenvalue weighted by atomic mass is 9.84. The number of hydrogen-bond donors (Lipinski definition) is 2. The Bertz CT molecular complexity index is 686. The number of aromatic amines is 1. The summed E-state index contributed by atoms with van der Waals surface area (Å²) < 4.78 is 13.9. The molecule has 1 amide bonds. The Labute approximate surface area is 130 Å². The molecule has 1 aromatic carbocycles. The van der Waals surface area contributed by atoms with Gasteiger partial charge < -0.3 is 10.3 Å². The number of amides is 1. The molecule has 0 bridgehead atoms. The molecule has 118 valence electrons. The standard InChI is InChI=1S/C18H23FN2O/c1-11-8-15(19)14-10-17(21-16(14)9-11)18(22)20-12(2)13-6-4-3-5-7-13/h8-10,12-13,21H,3-7H2,1-2H3,(H,20,22)/t12-/m1/s1. The molecule has 0 aliphatic heterocycles. The molecule has 1 atom stereocenters. The minimum absolute atomic E-state index is 0.147. The Balaban J connectivity index is 1.75. The van der Waals surface area contributed by atoms with Crippen LogP contribution in [-0.2, 0) is 0 Å². The molecule has 1 heterocycles. The van der Waals surface area contributed by atoms with Crippen LogP contribution in [0.4, 0.5) is 4.39 Å². The van der Waals surface area contributed by atoms with Gasteiger partial charge in [0.25, 0.3) is 5.91 Å². The first kappa shape index (κ1) is 15.1. The van der Waals surface area contributed by atoms with E-state index in [1.165, 1.54) is 38.2 Å². The van der Waals surface area contributed by atoms with Crippen LogP contribution >= 0.6 is 0 Å². The molecule has 22 heavy (non-hydrogen) atoms. The fraction of sp³-hybridized carbons (Fsp3) is 0.500. The van der Waals surface area contributed by atoms with E-state index < -0.39 is 0 Å². The number of H-pyrrole nitrogens is 1. The summed E-state index contributed by atoms with van der Waals surface area (Å²) in [5.41, 5.74) is 1.95. The van der Waals surface area contributed by atoms with Crippen LogP contribution < -0.4 is 5.32 Å². The molecule has 3 nitrogen and oxygen atoms in total. The van der Waals surface area contributed by atoms with Gasteiger partial charge in [-0.15, -0.1) is 0 Å². The second kappa shape index (κ2) is 6.11. The van der Waals surface area contributed by atoms with E-state index in [9.17, 15) is 9.18 Å². The molecule has 0 unspecified atom stereocenters. The average Bonchev–Trinajstić information content (AvgIpc) is 2.92. The predicted octanol–water partition coefficient (Wildman–Crippen LogP) is 4.31. The number of fused-ring (bicyclic) bond motifs is 1. The fourth-order valence-corrected chi connectivity index (χ4v) is 3.49. The van der Waals surface area contributed by atoms with Gasteiger partial charge in [-0.1, -0.05) is 19.3 Å². The van der Waals surface area contributed by atoms with Gasteiger partial charge in [-0.3, -0.25) is 4.79 Å². The van der Waals surface area contributed by atoms with E-state index >= 15 is 0 Å². The first-order valence-electron chi connectivity index (χ1n) is 8.14. The maximum atomic E-state index is 13.9. The summed E-state index contributed by atoms with van der Waals surface area (Å²) in [6.07, 6.45) is 6.17. The van der Waals surface area contributed by atoms with Crippen molar-refractivity contribution >= 4 is 16.8 Å². The third-order valence-corrected chi connectivity index (χ3v) is 4.79. The van der Waals surface area contributed by atoms with Crippen LogP contribution in [0.1, 0.15) is 55.1 Å². The van der Waals surface area contributed by atoms with Crippen molar-refractivity contribution in [2.75, 3.05) is 0 Å². The molecule has 0 saturated heterocycles. The van der Waals surface area contributed by atoms with Crippen molar-refractivity contribution < 1.29 is 9.18 Å². The highest BCUT2D eigenvalue weighted by Crippen LogP contribution is 2.27. The lowest BCUT2D eigenvalue weighted by Crippen LogP contribution is -2.39. The minimum atomic E-state index is -0.286. The quantitative estimate of drug-likeness (QED) is 0.871. The normalized spacial score (nSPS) is 17.6. The minimum Gasteiger partial charge on any atom is -0.350 e. The SMILES string of the molecule is Cc1cc(F)c2cc(C(=O)N[C@H](C)C3CCCCC3)[nH]c2c1. The number of rotatable bonds is 3. The van der Waals surface area contributed by atoms with Crippen LogP contribution in [-0.4, -0.2) is 16.9 Å². The monoisotopic (exact) mass is 302 g/mol. The van der Waals surface area contributed by atoms with Crippen molar-refractivity contribution in [1.29, 1.82) is 0 Å². The third-order valence-electron chi connectivity index (χ3n) is 4.79. The van der Waals surface area contributed by atoms with Gasteiger partial charge >= 0.3 is 0 Å². The Hall–Kier alpha value is -1.84. The van der Waals surface area contributed by atoms with Crippen molar-refractivity contribution in [3.05, 3.63) is 35.3 Å². The van der Waals surface area contributed by atoms with Gasteiger partial charge in [-0.05, 0) is 56.4 Å². The summed E-state index contributed by atoms with van der Waals surface area (Å²) in [6.45, 7) is 3.91. The maximum absolute atomic E-state index is 13.9. The zero-order chi connectivity index (χ0) is 15.7. The van der Waals surface area contributed by atoms with E-state index in [0.29, 0.717) is 22.5 Å². The second-order valence-corrected chi connectivity index (χ2v) is 6.55. The lowest BCUT2D eigenvalue weighted by molar-refractivity contribution is 0.0915. The molecule has 2 aromatic rings. The van der Waals surface area contributed by atoms with E-state index in [1.807, 2.05) is 13.0 Å². The zero-order valence-corrected chi connectivity index (χ0v) is 13.2. The van der Waals surface area contributed by atoms with Crippen LogP contribution in [0.2, 0.25) is 0 Å². The fourth-order valence-electron chi connectivity index (χ4n) is 3.49. The van der Waals surface area contributed by atoms with Crippen molar-refractivity contribution in [2.45, 2.75) is 52.0 Å². The second-order valence-electron chi connectivity index (χ2n) is 6.55. The highest BCUT2D eigenvalue weighted by atomic mass is 19.1. The molecule has 0 radical (unpaired) electrons. The summed E-state index contributed by atoms with van der Waals surface area (Å²) in [6, 6.07) is 5.11. The summed E-state index contributed by atoms with van der Waals surface area (Å²) in [7, 11) is 0. The Kier molecular flexibility index (Phi) is 4.19. The van der Waals surface area contributed by atoms with Gasteiger partial charge in [0.1, 0.15) is 11.5 Å². The first-order valence-corrected chi connectivity index (χ1v) is 8.14. The third kappa shape index (κ3) is 3.01.